The molecule has 1 aliphatic heterocycles. The first-order valence-corrected chi connectivity index (χ1v) is 10.2. The maximum Gasteiger partial charge on any atom is 0.213 e. The maximum absolute atomic E-state index is 11.9. The molecule has 2 heterocycles. The molecule has 1 saturated heterocycles. The van der Waals surface area contributed by atoms with Crippen molar-refractivity contribution in [1.29, 1.82) is 0 Å². The fraction of sp³-hybridized carbons (Fsp3) is 0.438. The summed E-state index contributed by atoms with van der Waals surface area (Å²) in [6.07, 6.45) is 3.44. The first-order chi connectivity index (χ1) is 11.0. The van der Waals surface area contributed by atoms with Crippen LogP contribution in [0.1, 0.15) is 19.8 Å². The van der Waals surface area contributed by atoms with Crippen molar-refractivity contribution in [3.05, 3.63) is 34.9 Å². The van der Waals surface area contributed by atoms with E-state index in [1.165, 1.54) is 0 Å². The number of benzene rings is 1. The number of sulfonamides is 1. The molecule has 0 radical (unpaired) electrons. The summed E-state index contributed by atoms with van der Waals surface area (Å²) in [5, 5.41) is 4.64. The van der Waals surface area contributed by atoms with E-state index < -0.39 is 10.0 Å². The predicted octanol–water partition coefficient (Wildman–Crippen LogP) is 3.22. The lowest BCUT2D eigenvalue weighted by Crippen LogP contribution is -2.42. The molecule has 0 amide bonds. The molecule has 23 heavy (non-hydrogen) atoms. The Labute approximate surface area is 145 Å². The molecule has 1 aromatic carbocycles. The average Bonchev–Trinajstić information content (AvgIpc) is 2.55. The number of halogens is 1. The SMILES string of the molecule is CCS(=O)(=O)N1CCC(Nc2ccnc3cc(Br)ccc23)CC1. The summed E-state index contributed by atoms with van der Waals surface area (Å²) in [6.45, 7) is 2.87. The van der Waals surface area contributed by atoms with Crippen LogP contribution in [0.4, 0.5) is 5.69 Å². The molecule has 0 atom stereocenters. The first-order valence-electron chi connectivity index (χ1n) is 7.78. The number of anilines is 1. The molecule has 0 bridgehead atoms. The van der Waals surface area contributed by atoms with Crippen molar-refractivity contribution in [3.63, 3.8) is 0 Å². The van der Waals surface area contributed by atoms with Gasteiger partial charge in [0, 0.05) is 40.9 Å². The fourth-order valence-corrected chi connectivity index (χ4v) is 4.41. The first kappa shape index (κ1) is 16.7. The van der Waals surface area contributed by atoms with Crippen LogP contribution < -0.4 is 5.32 Å². The minimum Gasteiger partial charge on any atom is -0.382 e. The van der Waals surface area contributed by atoms with E-state index in [9.17, 15) is 8.42 Å². The van der Waals surface area contributed by atoms with Gasteiger partial charge in [0.1, 0.15) is 0 Å². The van der Waals surface area contributed by atoms with E-state index >= 15 is 0 Å². The van der Waals surface area contributed by atoms with Gasteiger partial charge in [0.05, 0.1) is 11.3 Å². The Balaban J connectivity index is 1.72. The second-order valence-electron chi connectivity index (χ2n) is 5.74. The largest absolute Gasteiger partial charge is 0.382 e. The molecule has 124 valence electrons. The number of aromatic nitrogens is 1. The van der Waals surface area contributed by atoms with Crippen LogP contribution in [-0.2, 0) is 10.0 Å². The van der Waals surface area contributed by atoms with Crippen LogP contribution >= 0.6 is 15.9 Å². The number of hydrogen-bond acceptors (Lipinski definition) is 4. The molecule has 0 unspecified atom stereocenters. The third-order valence-corrected chi connectivity index (χ3v) is 6.65. The Morgan fingerprint density at radius 1 is 1.30 bits per heavy atom. The molecule has 0 aliphatic carbocycles. The Morgan fingerprint density at radius 2 is 2.04 bits per heavy atom. The standard InChI is InChI=1S/C16H20BrN3O2S/c1-2-23(21,22)20-9-6-13(7-10-20)19-15-5-8-18-16-11-12(17)3-4-14(15)16/h3-5,8,11,13H,2,6-7,9-10H2,1H3,(H,18,19). The smallest absolute Gasteiger partial charge is 0.213 e. The number of hydrogen-bond donors (Lipinski definition) is 1. The van der Waals surface area contributed by atoms with E-state index in [1.807, 2.05) is 24.3 Å². The maximum atomic E-state index is 11.9. The highest BCUT2D eigenvalue weighted by molar-refractivity contribution is 9.10. The molecule has 1 fully saturated rings. The van der Waals surface area contributed by atoms with Crippen molar-refractivity contribution in [1.82, 2.24) is 9.29 Å². The number of nitrogens with zero attached hydrogens (tertiary/aromatic N) is 2. The van der Waals surface area contributed by atoms with Gasteiger partial charge in [-0.15, -0.1) is 0 Å². The van der Waals surface area contributed by atoms with Crippen molar-refractivity contribution in [2.75, 3.05) is 24.2 Å². The summed E-state index contributed by atoms with van der Waals surface area (Å²) >= 11 is 3.46. The van der Waals surface area contributed by atoms with Crippen LogP contribution in [0.25, 0.3) is 10.9 Å². The van der Waals surface area contributed by atoms with Gasteiger partial charge in [-0.2, -0.15) is 0 Å². The zero-order chi connectivity index (χ0) is 16.4. The van der Waals surface area contributed by atoms with Crippen molar-refractivity contribution in [3.8, 4) is 0 Å². The zero-order valence-electron chi connectivity index (χ0n) is 13.0. The summed E-state index contributed by atoms with van der Waals surface area (Å²) in [5.41, 5.74) is 2.00. The van der Waals surface area contributed by atoms with Crippen LogP contribution in [-0.4, -0.2) is 42.6 Å². The van der Waals surface area contributed by atoms with Crippen LogP contribution in [0.15, 0.2) is 34.9 Å². The molecule has 2 aromatic rings. The fourth-order valence-electron chi connectivity index (χ4n) is 2.93. The monoisotopic (exact) mass is 397 g/mol. The van der Waals surface area contributed by atoms with Crippen molar-refractivity contribution >= 4 is 42.5 Å². The summed E-state index contributed by atoms with van der Waals surface area (Å²) < 4.78 is 26.4. The number of pyridine rings is 1. The highest BCUT2D eigenvalue weighted by Gasteiger charge is 2.26. The highest BCUT2D eigenvalue weighted by atomic mass is 79.9. The van der Waals surface area contributed by atoms with Gasteiger partial charge >= 0.3 is 0 Å². The van der Waals surface area contributed by atoms with Gasteiger partial charge in [-0.25, -0.2) is 12.7 Å². The molecular formula is C16H20BrN3O2S. The lowest BCUT2D eigenvalue weighted by molar-refractivity contribution is 0.330. The lowest BCUT2D eigenvalue weighted by Gasteiger charge is -2.32. The highest BCUT2D eigenvalue weighted by Crippen LogP contribution is 2.27. The summed E-state index contributed by atoms with van der Waals surface area (Å²) in [7, 11) is -3.07. The van der Waals surface area contributed by atoms with Gasteiger partial charge in [0.2, 0.25) is 10.0 Å². The molecule has 7 heteroatoms. The van der Waals surface area contributed by atoms with Crippen molar-refractivity contribution in [2.45, 2.75) is 25.8 Å². The number of piperidine rings is 1. The minimum absolute atomic E-state index is 0.176. The Bertz CT molecular complexity index is 802. The molecule has 1 aliphatic rings. The number of fused-ring (bicyclic) bond motifs is 1. The van der Waals surface area contributed by atoms with E-state index in [-0.39, 0.29) is 11.8 Å². The van der Waals surface area contributed by atoms with Crippen molar-refractivity contribution in [2.24, 2.45) is 0 Å². The Morgan fingerprint density at radius 3 is 2.74 bits per heavy atom. The van der Waals surface area contributed by atoms with Gasteiger partial charge in [-0.3, -0.25) is 4.98 Å². The molecule has 3 rings (SSSR count). The summed E-state index contributed by atoms with van der Waals surface area (Å²) in [5.74, 6) is 0.176. The minimum atomic E-state index is -3.07. The summed E-state index contributed by atoms with van der Waals surface area (Å²) in [4.78, 5) is 4.39. The van der Waals surface area contributed by atoms with Crippen LogP contribution in [0.5, 0.6) is 0 Å². The average molecular weight is 398 g/mol. The normalized spacial score (nSPS) is 17.5. The van der Waals surface area contributed by atoms with Gasteiger partial charge in [-0.1, -0.05) is 15.9 Å². The van der Waals surface area contributed by atoms with Crippen molar-refractivity contribution < 1.29 is 8.42 Å². The molecule has 0 saturated carbocycles. The van der Waals surface area contributed by atoms with Crippen LogP contribution in [0, 0.1) is 0 Å². The zero-order valence-corrected chi connectivity index (χ0v) is 15.4. The molecule has 5 nitrogen and oxygen atoms in total. The van der Waals surface area contributed by atoms with Gasteiger partial charge in [0.15, 0.2) is 0 Å². The van der Waals surface area contributed by atoms with E-state index in [4.69, 9.17) is 0 Å². The number of rotatable bonds is 4. The second kappa shape index (κ2) is 6.75. The van der Waals surface area contributed by atoms with E-state index in [2.05, 4.69) is 26.2 Å². The summed E-state index contributed by atoms with van der Waals surface area (Å²) in [6, 6.07) is 8.31. The van der Waals surface area contributed by atoms with Crippen LogP contribution in [0.3, 0.4) is 0 Å². The molecular weight excluding hydrogens is 378 g/mol. The molecule has 1 aromatic heterocycles. The van der Waals surface area contributed by atoms with Gasteiger partial charge in [-0.05, 0) is 44.0 Å². The third kappa shape index (κ3) is 3.67. The van der Waals surface area contributed by atoms with E-state index in [0.717, 1.165) is 33.9 Å². The molecule has 1 N–H and O–H groups in total. The molecule has 0 spiro atoms. The quantitative estimate of drug-likeness (QED) is 0.859. The predicted molar refractivity (Wildman–Crippen MR) is 97.1 cm³/mol. The number of nitrogens with one attached hydrogen (secondary N) is 1. The van der Waals surface area contributed by atoms with Gasteiger partial charge < -0.3 is 5.32 Å². The van der Waals surface area contributed by atoms with Crippen LogP contribution in [0.2, 0.25) is 0 Å². The Hall–Kier alpha value is -1.18. The third-order valence-electron chi connectivity index (χ3n) is 4.28. The second-order valence-corrected chi connectivity index (χ2v) is 8.91. The lowest BCUT2D eigenvalue weighted by atomic mass is 10.1. The Kier molecular flexibility index (Phi) is 4.89. The van der Waals surface area contributed by atoms with E-state index in [1.54, 1.807) is 17.4 Å². The van der Waals surface area contributed by atoms with Gasteiger partial charge in [0.25, 0.3) is 0 Å². The van der Waals surface area contributed by atoms with E-state index in [0.29, 0.717) is 13.1 Å². The topological polar surface area (TPSA) is 62.3 Å².